The molecule has 0 aliphatic carbocycles. The maximum atomic E-state index is 9.97. The lowest BCUT2D eigenvalue weighted by Crippen LogP contribution is -1.83. The highest BCUT2D eigenvalue weighted by molar-refractivity contribution is 5.51. The SMILES string of the molecule is O=CC/C=C\CCCCCCCCO. The van der Waals surface area contributed by atoms with E-state index in [2.05, 4.69) is 6.08 Å². The maximum absolute atomic E-state index is 9.97. The van der Waals surface area contributed by atoms with Crippen LogP contribution in [0.5, 0.6) is 0 Å². The Balaban J connectivity index is 2.95. The van der Waals surface area contributed by atoms with E-state index in [4.69, 9.17) is 5.11 Å². The lowest BCUT2D eigenvalue weighted by Gasteiger charge is -1.98. The molecule has 14 heavy (non-hydrogen) atoms. The van der Waals surface area contributed by atoms with E-state index >= 15 is 0 Å². The van der Waals surface area contributed by atoms with E-state index in [-0.39, 0.29) is 0 Å². The summed E-state index contributed by atoms with van der Waals surface area (Å²) in [6, 6.07) is 0. The first-order chi connectivity index (χ1) is 6.91. The minimum Gasteiger partial charge on any atom is -0.396 e. The Hall–Kier alpha value is -0.630. The van der Waals surface area contributed by atoms with E-state index in [0.29, 0.717) is 13.0 Å². The van der Waals surface area contributed by atoms with Gasteiger partial charge in [-0.25, -0.2) is 0 Å². The van der Waals surface area contributed by atoms with Crippen molar-refractivity contribution in [3.8, 4) is 0 Å². The van der Waals surface area contributed by atoms with Gasteiger partial charge < -0.3 is 9.90 Å². The van der Waals surface area contributed by atoms with Crippen molar-refractivity contribution in [2.24, 2.45) is 0 Å². The standard InChI is InChI=1S/C12H22O2/c13-11-9-7-5-3-1-2-4-6-8-10-12-14/h5,7,11,14H,1-4,6,8-10,12H2/b7-5-. The molecule has 0 radical (unpaired) electrons. The van der Waals surface area contributed by atoms with Crippen molar-refractivity contribution in [1.82, 2.24) is 0 Å². The van der Waals surface area contributed by atoms with E-state index in [0.717, 1.165) is 25.5 Å². The van der Waals surface area contributed by atoms with Gasteiger partial charge in [0.25, 0.3) is 0 Å². The van der Waals surface area contributed by atoms with Crippen molar-refractivity contribution < 1.29 is 9.90 Å². The van der Waals surface area contributed by atoms with Gasteiger partial charge in [-0.1, -0.05) is 37.8 Å². The van der Waals surface area contributed by atoms with E-state index in [1.807, 2.05) is 6.08 Å². The molecule has 0 aromatic rings. The molecule has 0 fully saturated rings. The molecular formula is C12H22O2. The second-order valence-corrected chi connectivity index (χ2v) is 3.51. The molecule has 82 valence electrons. The van der Waals surface area contributed by atoms with Gasteiger partial charge in [-0.05, 0) is 19.3 Å². The first-order valence-electron chi connectivity index (χ1n) is 5.61. The lowest BCUT2D eigenvalue weighted by atomic mass is 10.1. The number of aliphatic hydroxyl groups excluding tert-OH is 1. The number of allylic oxidation sites excluding steroid dienone is 2. The van der Waals surface area contributed by atoms with Crippen LogP contribution in [-0.2, 0) is 4.79 Å². The molecule has 0 aliphatic rings. The zero-order valence-electron chi connectivity index (χ0n) is 8.95. The molecule has 0 amide bonds. The summed E-state index contributed by atoms with van der Waals surface area (Å²) in [5, 5.41) is 8.55. The number of aliphatic hydroxyl groups is 1. The fourth-order valence-corrected chi connectivity index (χ4v) is 1.35. The Morgan fingerprint density at radius 1 is 0.857 bits per heavy atom. The molecule has 2 nitrogen and oxygen atoms in total. The zero-order chi connectivity index (χ0) is 10.5. The van der Waals surface area contributed by atoms with Gasteiger partial charge in [-0.15, -0.1) is 0 Å². The highest BCUT2D eigenvalue weighted by Gasteiger charge is 1.89. The van der Waals surface area contributed by atoms with Crippen LogP contribution in [0, 0.1) is 0 Å². The van der Waals surface area contributed by atoms with Crippen LogP contribution < -0.4 is 0 Å². The molecule has 0 rings (SSSR count). The van der Waals surface area contributed by atoms with Gasteiger partial charge in [0.1, 0.15) is 6.29 Å². The Morgan fingerprint density at radius 3 is 2.14 bits per heavy atom. The predicted molar refractivity (Wildman–Crippen MR) is 59.2 cm³/mol. The molecule has 2 heteroatoms. The largest absolute Gasteiger partial charge is 0.396 e. The summed E-state index contributed by atoms with van der Waals surface area (Å²) in [6.45, 7) is 0.328. The van der Waals surface area contributed by atoms with Crippen LogP contribution >= 0.6 is 0 Å². The van der Waals surface area contributed by atoms with E-state index in [1.54, 1.807) is 0 Å². The highest BCUT2D eigenvalue weighted by Crippen LogP contribution is 2.07. The summed E-state index contributed by atoms with van der Waals surface area (Å²) in [4.78, 5) is 9.97. The molecule has 0 aromatic carbocycles. The van der Waals surface area contributed by atoms with Crippen LogP contribution in [0.2, 0.25) is 0 Å². The van der Waals surface area contributed by atoms with Crippen LogP contribution in [0.15, 0.2) is 12.2 Å². The Bertz CT molecular complexity index is 141. The Morgan fingerprint density at radius 2 is 1.50 bits per heavy atom. The summed E-state index contributed by atoms with van der Waals surface area (Å²) in [5.74, 6) is 0. The number of rotatable bonds is 10. The molecule has 0 atom stereocenters. The molecule has 0 unspecified atom stereocenters. The maximum Gasteiger partial charge on any atom is 0.123 e. The highest BCUT2D eigenvalue weighted by atomic mass is 16.2. The Labute approximate surface area is 87.0 Å². The van der Waals surface area contributed by atoms with Crippen molar-refractivity contribution in [2.75, 3.05) is 6.61 Å². The summed E-state index contributed by atoms with van der Waals surface area (Å²) in [5.41, 5.74) is 0. The van der Waals surface area contributed by atoms with Gasteiger partial charge in [0.05, 0.1) is 0 Å². The lowest BCUT2D eigenvalue weighted by molar-refractivity contribution is -0.107. The van der Waals surface area contributed by atoms with Crippen molar-refractivity contribution in [3.05, 3.63) is 12.2 Å². The van der Waals surface area contributed by atoms with Crippen molar-refractivity contribution in [1.29, 1.82) is 0 Å². The average Bonchev–Trinajstić information content (AvgIpc) is 2.21. The van der Waals surface area contributed by atoms with Crippen LogP contribution in [0.4, 0.5) is 0 Å². The van der Waals surface area contributed by atoms with Crippen LogP contribution in [0.3, 0.4) is 0 Å². The number of unbranched alkanes of at least 4 members (excludes halogenated alkanes) is 6. The first-order valence-corrected chi connectivity index (χ1v) is 5.61. The summed E-state index contributed by atoms with van der Waals surface area (Å²) < 4.78 is 0. The predicted octanol–water partition coefficient (Wildman–Crippen LogP) is 2.85. The normalized spacial score (nSPS) is 10.9. The second-order valence-electron chi connectivity index (χ2n) is 3.51. The smallest absolute Gasteiger partial charge is 0.123 e. The molecule has 0 heterocycles. The molecule has 0 aliphatic heterocycles. The number of hydrogen-bond donors (Lipinski definition) is 1. The molecule has 0 aromatic heterocycles. The van der Waals surface area contributed by atoms with Crippen LogP contribution in [0.1, 0.15) is 51.4 Å². The molecule has 0 bridgehead atoms. The Kier molecular flexibility index (Phi) is 11.8. The molecule has 0 spiro atoms. The minimum absolute atomic E-state index is 0.328. The van der Waals surface area contributed by atoms with Crippen molar-refractivity contribution in [3.63, 3.8) is 0 Å². The summed E-state index contributed by atoms with van der Waals surface area (Å²) >= 11 is 0. The molecule has 1 N–H and O–H groups in total. The fourth-order valence-electron chi connectivity index (χ4n) is 1.35. The van der Waals surface area contributed by atoms with Crippen molar-refractivity contribution in [2.45, 2.75) is 51.4 Å². The molecular weight excluding hydrogens is 176 g/mol. The third kappa shape index (κ3) is 11.4. The number of hydrogen-bond acceptors (Lipinski definition) is 2. The van der Waals surface area contributed by atoms with Crippen LogP contribution in [-0.4, -0.2) is 18.0 Å². The number of carbonyl (C=O) groups excluding carboxylic acids is 1. The van der Waals surface area contributed by atoms with Crippen LogP contribution in [0.25, 0.3) is 0 Å². The van der Waals surface area contributed by atoms with Gasteiger partial charge in [-0.3, -0.25) is 0 Å². The van der Waals surface area contributed by atoms with Gasteiger partial charge in [0.15, 0.2) is 0 Å². The summed E-state index contributed by atoms with van der Waals surface area (Å²) in [7, 11) is 0. The minimum atomic E-state index is 0.328. The average molecular weight is 198 g/mol. The second kappa shape index (κ2) is 12.4. The summed E-state index contributed by atoms with van der Waals surface area (Å²) in [6.07, 6.45) is 13.7. The fraction of sp³-hybridized carbons (Fsp3) is 0.750. The number of carbonyl (C=O) groups is 1. The number of aldehydes is 1. The molecule has 0 saturated heterocycles. The zero-order valence-corrected chi connectivity index (χ0v) is 8.95. The monoisotopic (exact) mass is 198 g/mol. The third-order valence-electron chi connectivity index (χ3n) is 2.18. The van der Waals surface area contributed by atoms with Gasteiger partial charge in [0, 0.05) is 13.0 Å². The van der Waals surface area contributed by atoms with Gasteiger partial charge >= 0.3 is 0 Å². The molecule has 0 saturated carbocycles. The first kappa shape index (κ1) is 13.4. The van der Waals surface area contributed by atoms with Gasteiger partial charge in [-0.2, -0.15) is 0 Å². The van der Waals surface area contributed by atoms with E-state index < -0.39 is 0 Å². The van der Waals surface area contributed by atoms with E-state index in [1.165, 1.54) is 25.7 Å². The quantitative estimate of drug-likeness (QED) is 0.333. The topological polar surface area (TPSA) is 37.3 Å². The van der Waals surface area contributed by atoms with Gasteiger partial charge in [0.2, 0.25) is 0 Å². The van der Waals surface area contributed by atoms with E-state index in [9.17, 15) is 4.79 Å². The third-order valence-corrected chi connectivity index (χ3v) is 2.18. The van der Waals surface area contributed by atoms with Crippen molar-refractivity contribution >= 4 is 6.29 Å².